The summed E-state index contributed by atoms with van der Waals surface area (Å²) >= 11 is 0. The second kappa shape index (κ2) is 18.7. The highest BCUT2D eigenvalue weighted by Crippen LogP contribution is 2.11. The fourth-order valence-electron chi connectivity index (χ4n) is 2.60. The Morgan fingerprint density at radius 3 is 1.40 bits per heavy atom. The number of hydrogen-bond donors (Lipinski definition) is 0. The Kier molecular flexibility index (Phi) is 18.5. The van der Waals surface area contributed by atoms with Gasteiger partial charge in [-0.05, 0) is 25.7 Å². The second-order valence-corrected chi connectivity index (χ2v) is 6.14. The van der Waals surface area contributed by atoms with E-state index in [9.17, 15) is 0 Å². The van der Waals surface area contributed by atoms with Crippen molar-refractivity contribution in [1.82, 2.24) is 0 Å². The molecule has 0 aromatic rings. The Balaban J connectivity index is 3.01. The van der Waals surface area contributed by atoms with Crippen LogP contribution >= 0.6 is 0 Å². The van der Waals surface area contributed by atoms with E-state index in [2.05, 4.69) is 26.0 Å². The Hall–Kier alpha value is -0.260. The van der Waals surface area contributed by atoms with Crippen molar-refractivity contribution < 1.29 is 0 Å². The number of rotatable bonds is 16. The van der Waals surface area contributed by atoms with Crippen molar-refractivity contribution in [2.24, 2.45) is 0 Å². The first-order valence-corrected chi connectivity index (χ1v) is 9.36. The van der Waals surface area contributed by atoms with Crippen molar-refractivity contribution in [3.63, 3.8) is 0 Å². The molecule has 0 heterocycles. The van der Waals surface area contributed by atoms with E-state index in [0.29, 0.717) is 0 Å². The third kappa shape index (κ3) is 17.7. The second-order valence-electron chi connectivity index (χ2n) is 6.14. The van der Waals surface area contributed by atoms with Crippen molar-refractivity contribution in [3.05, 3.63) is 19.1 Å². The molecule has 0 aliphatic heterocycles. The van der Waals surface area contributed by atoms with Gasteiger partial charge >= 0.3 is 0 Å². The van der Waals surface area contributed by atoms with E-state index in [1.54, 1.807) is 0 Å². The summed E-state index contributed by atoms with van der Waals surface area (Å²) < 4.78 is 0. The molecule has 0 atom stereocenters. The van der Waals surface area contributed by atoms with Crippen LogP contribution in [0.1, 0.15) is 110 Å². The van der Waals surface area contributed by atoms with Gasteiger partial charge in [0.25, 0.3) is 0 Å². The van der Waals surface area contributed by atoms with Gasteiger partial charge in [0.1, 0.15) is 0 Å². The predicted molar refractivity (Wildman–Crippen MR) is 94.0 cm³/mol. The van der Waals surface area contributed by atoms with Crippen LogP contribution in [0, 0.1) is 6.92 Å². The molecule has 0 aliphatic rings. The monoisotopic (exact) mass is 279 g/mol. The molecule has 0 spiro atoms. The Bertz CT molecular complexity index is 180. The van der Waals surface area contributed by atoms with Crippen LogP contribution in [-0.4, -0.2) is 0 Å². The number of allylic oxidation sites excluding steroid dienone is 2. The normalized spacial score (nSPS) is 11.5. The van der Waals surface area contributed by atoms with Crippen molar-refractivity contribution in [1.29, 1.82) is 0 Å². The summed E-state index contributed by atoms with van der Waals surface area (Å²) in [5.74, 6) is 0. The van der Waals surface area contributed by atoms with Crippen molar-refractivity contribution >= 4 is 0 Å². The summed E-state index contributed by atoms with van der Waals surface area (Å²) in [6.45, 7) is 6.17. The zero-order valence-corrected chi connectivity index (χ0v) is 14.2. The van der Waals surface area contributed by atoms with Crippen LogP contribution in [0.25, 0.3) is 0 Å². The van der Waals surface area contributed by atoms with E-state index in [4.69, 9.17) is 0 Å². The topological polar surface area (TPSA) is 0 Å². The van der Waals surface area contributed by atoms with Crippen molar-refractivity contribution in [2.75, 3.05) is 0 Å². The Morgan fingerprint density at radius 1 is 0.550 bits per heavy atom. The van der Waals surface area contributed by atoms with Gasteiger partial charge in [0.05, 0.1) is 0 Å². The van der Waals surface area contributed by atoms with Gasteiger partial charge in [-0.15, -0.1) is 0 Å². The van der Waals surface area contributed by atoms with Crippen LogP contribution in [0.15, 0.2) is 12.2 Å². The molecule has 0 rings (SSSR count). The summed E-state index contributed by atoms with van der Waals surface area (Å²) in [6, 6.07) is 0. The lowest BCUT2D eigenvalue weighted by Crippen LogP contribution is -1.81. The molecule has 1 radical (unpaired) electrons. The minimum absolute atomic E-state index is 1.11. The van der Waals surface area contributed by atoms with E-state index in [0.717, 1.165) is 6.42 Å². The molecule has 0 nitrogen and oxygen atoms in total. The fraction of sp³-hybridized carbons (Fsp3) is 0.850. The fourth-order valence-corrected chi connectivity index (χ4v) is 2.60. The smallest absolute Gasteiger partial charge is 0.0351 e. The summed E-state index contributed by atoms with van der Waals surface area (Å²) in [4.78, 5) is 0. The van der Waals surface area contributed by atoms with Gasteiger partial charge in [-0.1, -0.05) is 103 Å². The standard InChI is InChI=1S/C20H39/c1-3-5-7-9-11-13-15-17-19-20-18-16-14-12-10-8-6-4-2/h15,17H,1,3-14,16,18-20H2,2H3. The van der Waals surface area contributed by atoms with Gasteiger partial charge < -0.3 is 0 Å². The maximum Gasteiger partial charge on any atom is -0.0351 e. The molecule has 0 fully saturated rings. The molecular formula is C20H39. The van der Waals surface area contributed by atoms with E-state index in [-0.39, 0.29) is 0 Å². The molecule has 119 valence electrons. The molecule has 0 amide bonds. The summed E-state index contributed by atoms with van der Waals surface area (Å²) in [6.07, 6.45) is 26.8. The van der Waals surface area contributed by atoms with Gasteiger partial charge in [-0.3, -0.25) is 0 Å². The molecular weight excluding hydrogens is 240 g/mol. The van der Waals surface area contributed by atoms with Crippen LogP contribution in [0.4, 0.5) is 0 Å². The summed E-state index contributed by atoms with van der Waals surface area (Å²) in [5, 5.41) is 0. The predicted octanol–water partition coefficient (Wildman–Crippen LogP) is 7.64. The van der Waals surface area contributed by atoms with Crippen LogP contribution in [0.5, 0.6) is 0 Å². The summed E-state index contributed by atoms with van der Waals surface area (Å²) in [7, 11) is 0. The molecule has 20 heavy (non-hydrogen) atoms. The zero-order chi connectivity index (χ0) is 14.7. The van der Waals surface area contributed by atoms with Gasteiger partial charge in [0.15, 0.2) is 0 Å². The highest BCUT2D eigenvalue weighted by atomic mass is 14.0. The Labute approximate surface area is 129 Å². The first-order valence-electron chi connectivity index (χ1n) is 9.36. The maximum atomic E-state index is 3.88. The number of hydrogen-bond acceptors (Lipinski definition) is 0. The van der Waals surface area contributed by atoms with Gasteiger partial charge in [-0.2, -0.15) is 0 Å². The maximum absolute atomic E-state index is 3.88. The quantitative estimate of drug-likeness (QED) is 0.201. The molecule has 0 aliphatic carbocycles. The molecule has 0 heteroatoms. The lowest BCUT2D eigenvalue weighted by molar-refractivity contribution is 0.566. The first kappa shape index (κ1) is 19.7. The highest BCUT2D eigenvalue weighted by Gasteiger charge is 1.91. The first-order chi connectivity index (χ1) is 9.91. The average molecular weight is 280 g/mol. The molecule has 0 N–H and O–H groups in total. The van der Waals surface area contributed by atoms with E-state index < -0.39 is 0 Å². The van der Waals surface area contributed by atoms with Gasteiger partial charge in [-0.25, -0.2) is 0 Å². The molecule has 0 saturated carbocycles. The van der Waals surface area contributed by atoms with Crippen molar-refractivity contribution in [2.45, 2.75) is 110 Å². The minimum atomic E-state index is 1.11. The largest absolute Gasteiger partial charge is 0.0885 e. The van der Waals surface area contributed by atoms with Crippen LogP contribution in [-0.2, 0) is 0 Å². The highest BCUT2D eigenvalue weighted by molar-refractivity contribution is 4.81. The molecule has 0 aromatic heterocycles. The lowest BCUT2D eigenvalue weighted by atomic mass is 10.1. The zero-order valence-electron chi connectivity index (χ0n) is 14.2. The average Bonchev–Trinajstić information content (AvgIpc) is 2.47. The van der Waals surface area contributed by atoms with E-state index >= 15 is 0 Å². The Morgan fingerprint density at radius 2 is 0.950 bits per heavy atom. The van der Waals surface area contributed by atoms with Crippen LogP contribution < -0.4 is 0 Å². The van der Waals surface area contributed by atoms with Gasteiger partial charge in [0, 0.05) is 0 Å². The van der Waals surface area contributed by atoms with E-state index in [1.807, 2.05) is 0 Å². The van der Waals surface area contributed by atoms with Crippen molar-refractivity contribution in [3.8, 4) is 0 Å². The third-order valence-electron chi connectivity index (χ3n) is 4.01. The van der Waals surface area contributed by atoms with E-state index in [1.165, 1.54) is 96.3 Å². The molecule has 0 unspecified atom stereocenters. The van der Waals surface area contributed by atoms with Crippen LogP contribution in [0.3, 0.4) is 0 Å². The summed E-state index contributed by atoms with van der Waals surface area (Å²) in [5.41, 5.74) is 0. The SMILES string of the molecule is [CH2]CCCCCCC=CCCCCCCCCCCC. The third-order valence-corrected chi connectivity index (χ3v) is 4.01. The molecule has 0 aromatic carbocycles. The minimum Gasteiger partial charge on any atom is -0.0885 e. The molecule has 0 bridgehead atoms. The van der Waals surface area contributed by atoms with Crippen LogP contribution in [0.2, 0.25) is 0 Å². The lowest BCUT2D eigenvalue weighted by Gasteiger charge is -2.00. The molecule has 0 saturated heterocycles. The number of unbranched alkanes of at least 4 members (excludes halogenated alkanes) is 14. The van der Waals surface area contributed by atoms with Gasteiger partial charge in [0.2, 0.25) is 0 Å².